The number of alkyl halides is 1. The number of aryl methyl sites for hydroxylation is 1. The molecule has 5 heteroatoms. The van der Waals surface area contributed by atoms with Gasteiger partial charge in [-0.1, -0.05) is 18.2 Å². The van der Waals surface area contributed by atoms with Crippen molar-refractivity contribution in [3.8, 4) is 23.0 Å². The summed E-state index contributed by atoms with van der Waals surface area (Å²) in [5.74, 6) is 3.32. The Labute approximate surface area is 153 Å². The average Bonchev–Trinajstić information content (AvgIpc) is 2.66. The largest absolute Gasteiger partial charge is 0.493 e. The molecule has 0 aliphatic rings. The Bertz CT molecular complexity index is 741. The third-order valence-corrected chi connectivity index (χ3v) is 4.06. The molecule has 0 saturated heterocycles. The quantitative estimate of drug-likeness (QED) is 0.505. The molecule has 0 fully saturated rings. The average molecular weight is 363 g/mol. The minimum atomic E-state index is 0.534. The lowest BCUT2D eigenvalue weighted by molar-refractivity contribution is 0.354. The van der Waals surface area contributed by atoms with E-state index in [0.717, 1.165) is 23.1 Å². The molecule has 134 valence electrons. The highest BCUT2D eigenvalue weighted by Gasteiger charge is 2.09. The van der Waals surface area contributed by atoms with Gasteiger partial charge in [0.05, 0.1) is 28.4 Å². The zero-order valence-corrected chi connectivity index (χ0v) is 15.7. The van der Waals surface area contributed by atoms with Crippen LogP contribution in [-0.4, -0.2) is 34.3 Å². The predicted molar refractivity (Wildman–Crippen MR) is 102 cm³/mol. The van der Waals surface area contributed by atoms with Crippen LogP contribution in [0.1, 0.15) is 16.7 Å². The molecular weight excluding hydrogens is 340 g/mol. The first-order valence-electron chi connectivity index (χ1n) is 7.87. The number of hydrogen-bond acceptors (Lipinski definition) is 4. The van der Waals surface area contributed by atoms with E-state index >= 15 is 0 Å². The molecule has 4 nitrogen and oxygen atoms in total. The second-order valence-electron chi connectivity index (χ2n) is 5.29. The molecule has 0 N–H and O–H groups in total. The predicted octanol–water partition coefficient (Wildman–Crippen LogP) is 4.67. The molecule has 2 rings (SSSR count). The van der Waals surface area contributed by atoms with Crippen LogP contribution in [0.4, 0.5) is 0 Å². The van der Waals surface area contributed by atoms with Crippen molar-refractivity contribution in [1.29, 1.82) is 0 Å². The van der Waals surface area contributed by atoms with Gasteiger partial charge in [0.25, 0.3) is 0 Å². The standard InChI is InChI=1S/C20H23ClO4/c1-22-17-8-6-14(11-18(17)23-2)5-7-15-12-19(24-3)20(25-4)13-16(15)9-10-21/h5-8,11-13H,9-10H2,1-4H3. The van der Waals surface area contributed by atoms with Crippen molar-refractivity contribution in [2.75, 3.05) is 34.3 Å². The van der Waals surface area contributed by atoms with E-state index in [2.05, 4.69) is 0 Å². The smallest absolute Gasteiger partial charge is 0.161 e. The number of benzene rings is 2. The first-order chi connectivity index (χ1) is 12.2. The van der Waals surface area contributed by atoms with Crippen molar-refractivity contribution < 1.29 is 18.9 Å². The highest BCUT2D eigenvalue weighted by Crippen LogP contribution is 2.33. The molecule has 0 unspecified atom stereocenters. The first-order valence-corrected chi connectivity index (χ1v) is 8.41. The monoisotopic (exact) mass is 362 g/mol. The van der Waals surface area contributed by atoms with Gasteiger partial charge in [-0.05, 0) is 47.4 Å². The van der Waals surface area contributed by atoms with E-state index in [1.54, 1.807) is 28.4 Å². The lowest BCUT2D eigenvalue weighted by atomic mass is 10.0. The van der Waals surface area contributed by atoms with E-state index in [-0.39, 0.29) is 0 Å². The Morgan fingerprint density at radius 3 is 1.96 bits per heavy atom. The number of halogens is 1. The maximum absolute atomic E-state index is 5.94. The van der Waals surface area contributed by atoms with Crippen molar-refractivity contribution in [2.24, 2.45) is 0 Å². The molecule has 25 heavy (non-hydrogen) atoms. The van der Waals surface area contributed by atoms with Crippen molar-refractivity contribution in [3.63, 3.8) is 0 Å². The van der Waals surface area contributed by atoms with E-state index in [9.17, 15) is 0 Å². The second kappa shape index (κ2) is 9.23. The summed E-state index contributed by atoms with van der Waals surface area (Å²) in [4.78, 5) is 0. The Morgan fingerprint density at radius 1 is 0.760 bits per heavy atom. The summed E-state index contributed by atoms with van der Waals surface area (Å²) >= 11 is 5.94. The SMILES string of the molecule is COc1ccc(C=Cc2cc(OC)c(OC)cc2CCCl)cc1OC. The maximum atomic E-state index is 5.94. The van der Waals surface area contributed by atoms with Gasteiger partial charge in [-0.25, -0.2) is 0 Å². The van der Waals surface area contributed by atoms with E-state index in [4.69, 9.17) is 30.5 Å². The van der Waals surface area contributed by atoms with Gasteiger partial charge in [-0.3, -0.25) is 0 Å². The molecule has 0 aliphatic heterocycles. The van der Waals surface area contributed by atoms with E-state index < -0.39 is 0 Å². The van der Waals surface area contributed by atoms with Crippen molar-refractivity contribution in [2.45, 2.75) is 6.42 Å². The topological polar surface area (TPSA) is 36.9 Å². The summed E-state index contributed by atoms with van der Waals surface area (Å²) in [7, 11) is 6.50. The molecular formula is C20H23ClO4. The van der Waals surface area contributed by atoms with Gasteiger partial charge in [0.15, 0.2) is 23.0 Å². The summed E-state index contributed by atoms with van der Waals surface area (Å²) in [6.07, 6.45) is 4.79. The molecule has 0 bridgehead atoms. The van der Waals surface area contributed by atoms with Crippen molar-refractivity contribution in [3.05, 3.63) is 47.0 Å². The number of hydrogen-bond donors (Lipinski definition) is 0. The molecule has 0 saturated carbocycles. The van der Waals surface area contributed by atoms with Crippen LogP contribution in [-0.2, 0) is 6.42 Å². The maximum Gasteiger partial charge on any atom is 0.161 e. The van der Waals surface area contributed by atoms with Gasteiger partial charge >= 0.3 is 0 Å². The van der Waals surface area contributed by atoms with Crippen LogP contribution in [0.15, 0.2) is 30.3 Å². The molecule has 0 aliphatic carbocycles. The Kier molecular flexibility index (Phi) is 7.02. The third-order valence-electron chi connectivity index (χ3n) is 3.87. The Balaban J connectivity index is 2.39. The van der Waals surface area contributed by atoms with Gasteiger partial charge in [-0.15, -0.1) is 11.6 Å². The third kappa shape index (κ3) is 4.60. The van der Waals surface area contributed by atoms with Crippen LogP contribution in [0.5, 0.6) is 23.0 Å². The van der Waals surface area contributed by atoms with E-state index in [1.165, 1.54) is 0 Å². The number of rotatable bonds is 8. The summed E-state index contributed by atoms with van der Waals surface area (Å²) in [5.41, 5.74) is 3.14. The summed E-state index contributed by atoms with van der Waals surface area (Å²) in [5, 5.41) is 0. The molecule has 0 aromatic heterocycles. The molecule has 0 spiro atoms. The van der Waals surface area contributed by atoms with Gasteiger partial charge in [0.2, 0.25) is 0 Å². The first kappa shape index (κ1) is 19.0. The summed E-state index contributed by atoms with van der Waals surface area (Å²) in [6, 6.07) is 9.71. The van der Waals surface area contributed by atoms with Crippen LogP contribution >= 0.6 is 11.6 Å². The fourth-order valence-corrected chi connectivity index (χ4v) is 2.76. The Hall–Kier alpha value is -2.33. The highest BCUT2D eigenvalue weighted by molar-refractivity contribution is 6.18. The fraction of sp³-hybridized carbons (Fsp3) is 0.300. The van der Waals surface area contributed by atoms with Gasteiger partial charge in [0.1, 0.15) is 0 Å². The van der Waals surface area contributed by atoms with Gasteiger partial charge < -0.3 is 18.9 Å². The second-order valence-corrected chi connectivity index (χ2v) is 5.67. The summed E-state index contributed by atoms with van der Waals surface area (Å²) in [6.45, 7) is 0. The number of methoxy groups -OCH3 is 4. The van der Waals surface area contributed by atoms with Crippen LogP contribution in [0.25, 0.3) is 12.2 Å². The molecule has 2 aromatic rings. The van der Waals surface area contributed by atoms with Gasteiger partial charge in [0, 0.05) is 5.88 Å². The van der Waals surface area contributed by atoms with Crippen molar-refractivity contribution >= 4 is 23.8 Å². The zero-order valence-electron chi connectivity index (χ0n) is 15.0. The minimum Gasteiger partial charge on any atom is -0.493 e. The minimum absolute atomic E-state index is 0.534. The van der Waals surface area contributed by atoms with E-state index in [1.807, 2.05) is 42.5 Å². The lowest BCUT2D eigenvalue weighted by Crippen LogP contribution is -1.97. The normalized spacial score (nSPS) is 10.8. The lowest BCUT2D eigenvalue weighted by Gasteiger charge is -2.12. The van der Waals surface area contributed by atoms with Crippen LogP contribution < -0.4 is 18.9 Å². The molecule has 0 heterocycles. The van der Waals surface area contributed by atoms with Crippen molar-refractivity contribution in [1.82, 2.24) is 0 Å². The van der Waals surface area contributed by atoms with Crippen LogP contribution in [0.3, 0.4) is 0 Å². The molecule has 0 amide bonds. The zero-order chi connectivity index (χ0) is 18.2. The molecule has 0 atom stereocenters. The van der Waals surface area contributed by atoms with Crippen LogP contribution in [0, 0.1) is 0 Å². The molecule has 2 aromatic carbocycles. The fourth-order valence-electron chi connectivity index (χ4n) is 2.55. The summed E-state index contributed by atoms with van der Waals surface area (Å²) < 4.78 is 21.4. The number of ether oxygens (including phenoxy) is 4. The van der Waals surface area contributed by atoms with Crippen LogP contribution in [0.2, 0.25) is 0 Å². The van der Waals surface area contributed by atoms with E-state index in [0.29, 0.717) is 28.9 Å². The molecule has 0 radical (unpaired) electrons. The Morgan fingerprint density at radius 2 is 1.36 bits per heavy atom. The van der Waals surface area contributed by atoms with Gasteiger partial charge in [-0.2, -0.15) is 0 Å². The highest BCUT2D eigenvalue weighted by atomic mass is 35.5.